The van der Waals surface area contributed by atoms with E-state index in [0.29, 0.717) is 19.8 Å². The van der Waals surface area contributed by atoms with Gasteiger partial charge in [-0.25, -0.2) is 0 Å². The second-order valence-corrected chi connectivity index (χ2v) is 3.30. The Bertz CT molecular complexity index is 177. The lowest BCUT2D eigenvalue weighted by Gasteiger charge is -2.01. The van der Waals surface area contributed by atoms with E-state index in [4.69, 9.17) is 9.47 Å². The molecule has 0 fully saturated rings. The summed E-state index contributed by atoms with van der Waals surface area (Å²) in [6.45, 7) is 8.22. The molecule has 0 bridgehead atoms. The van der Waals surface area contributed by atoms with Crippen molar-refractivity contribution in [2.24, 2.45) is 0 Å². The van der Waals surface area contributed by atoms with Gasteiger partial charge < -0.3 is 9.47 Å². The molecule has 0 radical (unpaired) electrons. The highest BCUT2D eigenvalue weighted by Crippen LogP contribution is 1.95. The molecule has 0 heterocycles. The fourth-order valence-electron chi connectivity index (χ4n) is 0.730. The molecule has 13 heavy (non-hydrogen) atoms. The van der Waals surface area contributed by atoms with Crippen LogP contribution in [0.1, 0.15) is 20.8 Å². The second kappa shape index (κ2) is 8.02. The molecule has 0 rings (SSSR count). The van der Waals surface area contributed by atoms with Gasteiger partial charge in [-0.15, -0.1) is 0 Å². The van der Waals surface area contributed by atoms with Crippen LogP contribution in [0.2, 0.25) is 0 Å². The van der Waals surface area contributed by atoms with Crippen LogP contribution >= 0.6 is 0 Å². The molecule has 0 N–H and O–H groups in total. The van der Waals surface area contributed by atoms with E-state index in [1.807, 2.05) is 13.0 Å². The molecule has 0 aromatic rings. The Kier molecular flexibility index (Phi) is 7.65. The summed E-state index contributed by atoms with van der Waals surface area (Å²) in [5, 5.41) is 0. The molecule has 76 valence electrons. The van der Waals surface area contributed by atoms with Crippen LogP contribution < -0.4 is 0 Å². The van der Waals surface area contributed by atoms with E-state index >= 15 is 0 Å². The summed E-state index contributed by atoms with van der Waals surface area (Å²) in [5.74, 6) is 0. The quantitative estimate of drug-likeness (QED) is 0.466. The number of hydrogen-bond donors (Lipinski definition) is 0. The van der Waals surface area contributed by atoms with Crippen molar-refractivity contribution < 1.29 is 9.47 Å². The number of rotatable bonds is 6. The zero-order chi connectivity index (χ0) is 10.1. The van der Waals surface area contributed by atoms with Crippen LogP contribution in [0.25, 0.3) is 0 Å². The first-order valence-electron chi connectivity index (χ1n) is 4.52. The van der Waals surface area contributed by atoms with Crippen molar-refractivity contribution in [3.05, 3.63) is 23.3 Å². The van der Waals surface area contributed by atoms with Gasteiger partial charge in [0.05, 0.1) is 19.8 Å². The molecule has 0 unspecified atom stereocenters. The number of hydrogen-bond acceptors (Lipinski definition) is 2. The Morgan fingerprint density at radius 2 is 1.77 bits per heavy atom. The summed E-state index contributed by atoms with van der Waals surface area (Å²) in [6, 6.07) is 0. The average molecular weight is 184 g/mol. The number of methoxy groups -OCH3 is 1. The number of ether oxygens (including phenoxy) is 2. The molecule has 0 aromatic heterocycles. The van der Waals surface area contributed by atoms with Gasteiger partial charge in [0.2, 0.25) is 0 Å². The lowest BCUT2D eigenvalue weighted by atomic mass is 10.3. The van der Waals surface area contributed by atoms with Crippen molar-refractivity contribution >= 4 is 0 Å². The lowest BCUT2D eigenvalue weighted by Crippen LogP contribution is -1.97. The molecular weight excluding hydrogens is 164 g/mol. The van der Waals surface area contributed by atoms with Crippen molar-refractivity contribution in [3.63, 3.8) is 0 Å². The van der Waals surface area contributed by atoms with Gasteiger partial charge in [0.25, 0.3) is 0 Å². The van der Waals surface area contributed by atoms with Gasteiger partial charge in [-0.1, -0.05) is 17.7 Å². The van der Waals surface area contributed by atoms with E-state index in [1.54, 1.807) is 7.11 Å². The SMILES string of the molecule is COCC=C(C)COCC=C(C)C. The van der Waals surface area contributed by atoms with Crippen molar-refractivity contribution in [2.45, 2.75) is 20.8 Å². The molecular formula is C11H20O2. The maximum absolute atomic E-state index is 5.40. The highest BCUT2D eigenvalue weighted by atomic mass is 16.5. The predicted octanol–water partition coefficient (Wildman–Crippen LogP) is 2.56. The summed E-state index contributed by atoms with van der Waals surface area (Å²) in [7, 11) is 1.69. The summed E-state index contributed by atoms with van der Waals surface area (Å²) in [4.78, 5) is 0. The molecule has 0 atom stereocenters. The lowest BCUT2D eigenvalue weighted by molar-refractivity contribution is 0.184. The van der Waals surface area contributed by atoms with Crippen LogP contribution in [0.4, 0.5) is 0 Å². The summed E-state index contributed by atoms with van der Waals surface area (Å²) in [5.41, 5.74) is 2.50. The van der Waals surface area contributed by atoms with Crippen molar-refractivity contribution in [1.82, 2.24) is 0 Å². The Morgan fingerprint density at radius 3 is 2.31 bits per heavy atom. The van der Waals surface area contributed by atoms with Crippen molar-refractivity contribution in [2.75, 3.05) is 26.9 Å². The molecule has 2 heteroatoms. The minimum atomic E-state index is 0.665. The third-order valence-electron chi connectivity index (χ3n) is 1.54. The van der Waals surface area contributed by atoms with Gasteiger partial charge in [0, 0.05) is 7.11 Å². The first-order chi connectivity index (χ1) is 6.16. The van der Waals surface area contributed by atoms with Crippen LogP contribution in [0.5, 0.6) is 0 Å². The summed E-state index contributed by atoms with van der Waals surface area (Å²) in [6.07, 6.45) is 4.10. The van der Waals surface area contributed by atoms with Crippen LogP contribution in [0, 0.1) is 0 Å². The maximum atomic E-state index is 5.40. The Morgan fingerprint density at radius 1 is 1.08 bits per heavy atom. The Labute approximate surface area is 81.2 Å². The smallest absolute Gasteiger partial charge is 0.0679 e. The van der Waals surface area contributed by atoms with E-state index in [2.05, 4.69) is 19.9 Å². The molecule has 0 spiro atoms. The van der Waals surface area contributed by atoms with Crippen molar-refractivity contribution in [3.8, 4) is 0 Å². The highest BCUT2D eigenvalue weighted by Gasteiger charge is 1.88. The molecule has 0 saturated heterocycles. The van der Waals surface area contributed by atoms with Gasteiger partial charge in [-0.3, -0.25) is 0 Å². The zero-order valence-corrected chi connectivity index (χ0v) is 9.09. The fourth-order valence-corrected chi connectivity index (χ4v) is 0.730. The van der Waals surface area contributed by atoms with Gasteiger partial charge in [0.1, 0.15) is 0 Å². The summed E-state index contributed by atoms with van der Waals surface area (Å²) < 4.78 is 10.3. The molecule has 0 amide bonds. The van der Waals surface area contributed by atoms with Gasteiger partial charge in [0.15, 0.2) is 0 Å². The van der Waals surface area contributed by atoms with Crippen LogP contribution in [-0.2, 0) is 9.47 Å². The molecule has 2 nitrogen and oxygen atoms in total. The third kappa shape index (κ3) is 9.31. The van der Waals surface area contributed by atoms with Crippen molar-refractivity contribution in [1.29, 1.82) is 0 Å². The molecule has 0 aliphatic carbocycles. The first-order valence-corrected chi connectivity index (χ1v) is 4.52. The van der Waals surface area contributed by atoms with Gasteiger partial charge in [-0.2, -0.15) is 0 Å². The molecule has 0 aliphatic rings. The normalized spacial score (nSPS) is 11.5. The third-order valence-corrected chi connectivity index (χ3v) is 1.54. The van der Waals surface area contributed by atoms with E-state index in [-0.39, 0.29) is 0 Å². The predicted molar refractivity (Wildman–Crippen MR) is 55.9 cm³/mol. The molecule has 0 aromatic carbocycles. The van der Waals surface area contributed by atoms with Crippen LogP contribution in [0.3, 0.4) is 0 Å². The van der Waals surface area contributed by atoms with E-state index in [9.17, 15) is 0 Å². The van der Waals surface area contributed by atoms with Crippen LogP contribution in [0.15, 0.2) is 23.3 Å². The van der Waals surface area contributed by atoms with Crippen LogP contribution in [-0.4, -0.2) is 26.9 Å². The average Bonchev–Trinajstić information content (AvgIpc) is 2.08. The summed E-state index contributed by atoms with van der Waals surface area (Å²) >= 11 is 0. The zero-order valence-electron chi connectivity index (χ0n) is 9.09. The first kappa shape index (κ1) is 12.4. The van der Waals surface area contributed by atoms with E-state index in [1.165, 1.54) is 11.1 Å². The Hall–Kier alpha value is -0.600. The van der Waals surface area contributed by atoms with Gasteiger partial charge >= 0.3 is 0 Å². The monoisotopic (exact) mass is 184 g/mol. The second-order valence-electron chi connectivity index (χ2n) is 3.30. The Balaban J connectivity index is 3.47. The van der Waals surface area contributed by atoms with Gasteiger partial charge in [-0.05, 0) is 26.3 Å². The largest absolute Gasteiger partial charge is 0.381 e. The molecule has 0 aliphatic heterocycles. The van der Waals surface area contributed by atoms with E-state index < -0.39 is 0 Å². The minimum Gasteiger partial charge on any atom is -0.381 e. The topological polar surface area (TPSA) is 18.5 Å². The standard InChI is InChI=1S/C11H20O2/c1-10(2)5-8-13-9-11(3)6-7-12-4/h5-6H,7-9H2,1-4H3. The fraction of sp³-hybridized carbons (Fsp3) is 0.636. The number of allylic oxidation sites excluding steroid dienone is 1. The maximum Gasteiger partial charge on any atom is 0.0679 e. The highest BCUT2D eigenvalue weighted by molar-refractivity contribution is 4.99. The minimum absolute atomic E-state index is 0.665. The molecule has 0 saturated carbocycles. The van der Waals surface area contributed by atoms with E-state index in [0.717, 1.165) is 0 Å².